The zero-order valence-electron chi connectivity index (χ0n) is 12.0. The smallest absolute Gasteiger partial charge is 0.328 e. The van der Waals surface area contributed by atoms with Crippen LogP contribution in [0.25, 0.3) is 6.08 Å². The summed E-state index contributed by atoms with van der Waals surface area (Å²) < 4.78 is 0. The molecule has 2 rings (SSSR count). The Balaban J connectivity index is 2.02. The lowest BCUT2D eigenvalue weighted by Gasteiger charge is -2.35. The highest BCUT2D eigenvalue weighted by Crippen LogP contribution is 2.22. The fraction of sp³-hybridized carbons (Fsp3) is 0.375. The molecule has 1 aromatic rings. The molecule has 1 aliphatic heterocycles. The van der Waals surface area contributed by atoms with Crippen molar-refractivity contribution in [1.29, 1.82) is 0 Å². The van der Waals surface area contributed by atoms with Crippen LogP contribution in [0.5, 0.6) is 0 Å². The van der Waals surface area contributed by atoms with E-state index < -0.39 is 11.6 Å². The highest BCUT2D eigenvalue weighted by Gasteiger charge is 2.29. The van der Waals surface area contributed by atoms with Crippen molar-refractivity contribution in [2.75, 3.05) is 13.1 Å². The second kappa shape index (κ2) is 6.10. The number of carboxylic acids is 1. The maximum atomic E-state index is 12.3. The van der Waals surface area contributed by atoms with Crippen LogP contribution in [0.3, 0.4) is 0 Å². The summed E-state index contributed by atoms with van der Waals surface area (Å²) in [4.78, 5) is 24.5. The maximum Gasteiger partial charge on any atom is 0.328 e. The van der Waals surface area contributed by atoms with Gasteiger partial charge in [0.05, 0.1) is 5.60 Å². The molecule has 0 unspecified atom stereocenters. The SMILES string of the molecule is CC1(O)CCN(C(=O)c2ccc(/C=C/C(=O)O)cc2)CC1. The average Bonchev–Trinajstić information content (AvgIpc) is 2.45. The van der Waals surface area contributed by atoms with Crippen molar-refractivity contribution in [1.82, 2.24) is 4.90 Å². The van der Waals surface area contributed by atoms with Crippen molar-refractivity contribution in [3.8, 4) is 0 Å². The Kier molecular flexibility index (Phi) is 4.43. The van der Waals surface area contributed by atoms with Gasteiger partial charge in [-0.25, -0.2) is 4.79 Å². The van der Waals surface area contributed by atoms with Crippen LogP contribution in [0.2, 0.25) is 0 Å². The molecule has 0 atom stereocenters. The lowest BCUT2D eigenvalue weighted by atomic mass is 9.93. The van der Waals surface area contributed by atoms with E-state index >= 15 is 0 Å². The van der Waals surface area contributed by atoms with Crippen LogP contribution in [0.1, 0.15) is 35.7 Å². The van der Waals surface area contributed by atoms with E-state index in [9.17, 15) is 14.7 Å². The van der Waals surface area contributed by atoms with E-state index in [0.717, 1.165) is 11.6 Å². The molecule has 0 aliphatic carbocycles. The van der Waals surface area contributed by atoms with Gasteiger partial charge in [0.25, 0.3) is 5.91 Å². The number of carboxylic acid groups (broad SMARTS) is 1. The van der Waals surface area contributed by atoms with Gasteiger partial charge in [-0.15, -0.1) is 0 Å². The summed E-state index contributed by atoms with van der Waals surface area (Å²) in [5.74, 6) is -1.06. The molecule has 5 nitrogen and oxygen atoms in total. The number of carbonyl (C=O) groups is 2. The third-order valence-electron chi connectivity index (χ3n) is 3.70. The molecule has 0 spiro atoms. The van der Waals surface area contributed by atoms with E-state index in [1.54, 1.807) is 36.1 Å². The van der Waals surface area contributed by atoms with Crippen LogP contribution in [0.15, 0.2) is 30.3 Å². The number of aliphatic carboxylic acids is 1. The summed E-state index contributed by atoms with van der Waals surface area (Å²) in [6.45, 7) is 2.89. The molecule has 0 radical (unpaired) electrons. The molecule has 1 fully saturated rings. The summed E-state index contributed by atoms with van der Waals surface area (Å²) in [5, 5.41) is 18.5. The summed E-state index contributed by atoms with van der Waals surface area (Å²) in [6.07, 6.45) is 3.70. The molecule has 21 heavy (non-hydrogen) atoms. The second-order valence-corrected chi connectivity index (χ2v) is 5.58. The van der Waals surface area contributed by atoms with Crippen molar-refractivity contribution >= 4 is 18.0 Å². The Bertz CT molecular complexity index is 550. The van der Waals surface area contributed by atoms with Gasteiger partial charge in [-0.05, 0) is 43.5 Å². The predicted octanol–water partition coefficient (Wildman–Crippen LogP) is 1.77. The molecule has 0 aromatic heterocycles. The number of likely N-dealkylation sites (tertiary alicyclic amines) is 1. The van der Waals surface area contributed by atoms with Gasteiger partial charge in [0, 0.05) is 24.7 Å². The quantitative estimate of drug-likeness (QED) is 0.831. The summed E-state index contributed by atoms with van der Waals surface area (Å²) >= 11 is 0. The Hall–Kier alpha value is -2.14. The molecule has 2 N–H and O–H groups in total. The van der Waals surface area contributed by atoms with E-state index in [1.165, 1.54) is 6.08 Å². The lowest BCUT2D eigenvalue weighted by Crippen LogP contribution is -2.45. The van der Waals surface area contributed by atoms with Gasteiger partial charge >= 0.3 is 5.97 Å². The Morgan fingerprint density at radius 3 is 2.29 bits per heavy atom. The van der Waals surface area contributed by atoms with Crippen molar-refractivity contribution < 1.29 is 19.8 Å². The van der Waals surface area contributed by atoms with Gasteiger partial charge in [0.1, 0.15) is 0 Å². The van der Waals surface area contributed by atoms with Crippen LogP contribution in [-0.4, -0.2) is 45.7 Å². The normalized spacial score (nSPS) is 17.9. The Morgan fingerprint density at radius 2 is 1.76 bits per heavy atom. The van der Waals surface area contributed by atoms with Crippen molar-refractivity contribution in [3.05, 3.63) is 41.5 Å². The molecular formula is C16H19NO4. The molecular weight excluding hydrogens is 270 g/mol. The minimum absolute atomic E-state index is 0.0562. The number of hydrogen-bond acceptors (Lipinski definition) is 3. The Labute approximate surface area is 123 Å². The minimum atomic E-state index is -1.00. The summed E-state index contributed by atoms with van der Waals surface area (Å²) in [7, 11) is 0. The maximum absolute atomic E-state index is 12.3. The monoisotopic (exact) mass is 289 g/mol. The van der Waals surface area contributed by atoms with Gasteiger partial charge in [0.15, 0.2) is 0 Å². The largest absolute Gasteiger partial charge is 0.478 e. The number of hydrogen-bond donors (Lipinski definition) is 2. The van der Waals surface area contributed by atoms with E-state index in [4.69, 9.17) is 5.11 Å². The van der Waals surface area contributed by atoms with Crippen LogP contribution in [-0.2, 0) is 4.79 Å². The molecule has 1 heterocycles. The van der Waals surface area contributed by atoms with E-state index in [-0.39, 0.29) is 5.91 Å². The standard InChI is InChI=1S/C16H19NO4/c1-16(21)8-10-17(11-9-16)15(20)13-5-2-12(3-6-13)4-7-14(18)19/h2-7,21H,8-11H2,1H3,(H,18,19)/b7-4+. The lowest BCUT2D eigenvalue weighted by molar-refractivity contribution is -0.131. The fourth-order valence-electron chi connectivity index (χ4n) is 2.28. The van der Waals surface area contributed by atoms with E-state index in [0.29, 0.717) is 31.5 Å². The first kappa shape index (κ1) is 15.3. The van der Waals surface area contributed by atoms with Crippen LogP contribution in [0.4, 0.5) is 0 Å². The van der Waals surface area contributed by atoms with Crippen LogP contribution < -0.4 is 0 Å². The molecule has 1 aliphatic rings. The number of amides is 1. The number of rotatable bonds is 3. The summed E-state index contributed by atoms with van der Waals surface area (Å²) in [5.41, 5.74) is 0.627. The third-order valence-corrected chi connectivity index (χ3v) is 3.70. The molecule has 0 saturated carbocycles. The second-order valence-electron chi connectivity index (χ2n) is 5.58. The molecule has 1 amide bonds. The van der Waals surface area contributed by atoms with Gasteiger partial charge in [0.2, 0.25) is 0 Å². The molecule has 1 aromatic carbocycles. The summed E-state index contributed by atoms with van der Waals surface area (Å²) in [6, 6.07) is 6.81. The van der Waals surface area contributed by atoms with Gasteiger partial charge in [-0.1, -0.05) is 12.1 Å². The molecule has 1 saturated heterocycles. The average molecular weight is 289 g/mol. The number of carbonyl (C=O) groups excluding carboxylic acids is 1. The molecule has 112 valence electrons. The molecule has 0 bridgehead atoms. The highest BCUT2D eigenvalue weighted by atomic mass is 16.4. The van der Waals surface area contributed by atoms with E-state index in [2.05, 4.69) is 0 Å². The fourth-order valence-corrected chi connectivity index (χ4v) is 2.28. The number of piperidine rings is 1. The first-order valence-corrected chi connectivity index (χ1v) is 6.90. The topological polar surface area (TPSA) is 77.8 Å². The first-order chi connectivity index (χ1) is 9.87. The third kappa shape index (κ3) is 4.16. The van der Waals surface area contributed by atoms with Crippen LogP contribution in [0, 0.1) is 0 Å². The van der Waals surface area contributed by atoms with Gasteiger partial charge in [-0.3, -0.25) is 4.79 Å². The zero-order valence-corrected chi connectivity index (χ0v) is 12.0. The molecule has 5 heteroatoms. The number of aliphatic hydroxyl groups is 1. The van der Waals surface area contributed by atoms with Gasteiger partial charge in [-0.2, -0.15) is 0 Å². The van der Waals surface area contributed by atoms with E-state index in [1.807, 2.05) is 0 Å². The number of benzene rings is 1. The highest BCUT2D eigenvalue weighted by molar-refractivity contribution is 5.94. The van der Waals surface area contributed by atoms with Gasteiger partial charge < -0.3 is 15.1 Å². The first-order valence-electron chi connectivity index (χ1n) is 6.90. The zero-order chi connectivity index (χ0) is 15.5. The Morgan fingerprint density at radius 1 is 1.19 bits per heavy atom. The van der Waals surface area contributed by atoms with Crippen LogP contribution >= 0.6 is 0 Å². The minimum Gasteiger partial charge on any atom is -0.478 e. The van der Waals surface area contributed by atoms with Crippen molar-refractivity contribution in [2.45, 2.75) is 25.4 Å². The van der Waals surface area contributed by atoms with Crippen molar-refractivity contribution in [3.63, 3.8) is 0 Å². The van der Waals surface area contributed by atoms with Crippen molar-refractivity contribution in [2.24, 2.45) is 0 Å². The number of nitrogens with zero attached hydrogens (tertiary/aromatic N) is 1. The predicted molar refractivity (Wildman–Crippen MR) is 78.9 cm³/mol.